The van der Waals surface area contributed by atoms with E-state index >= 15 is 0 Å². The second-order valence-corrected chi connectivity index (χ2v) is 7.37. The molecule has 6 nitrogen and oxygen atoms in total. The summed E-state index contributed by atoms with van der Waals surface area (Å²) in [7, 11) is 3.15. The van der Waals surface area contributed by atoms with Crippen molar-refractivity contribution in [2.75, 3.05) is 45.4 Å². The fourth-order valence-electron chi connectivity index (χ4n) is 3.62. The monoisotopic (exact) mass is 426 g/mol. The van der Waals surface area contributed by atoms with E-state index in [1.165, 1.54) is 29.2 Å². The van der Waals surface area contributed by atoms with Crippen LogP contribution in [0, 0.1) is 19.7 Å². The zero-order valence-corrected chi connectivity index (χ0v) is 18.3. The molecule has 2 aromatic carbocycles. The maximum absolute atomic E-state index is 13.6. The molecule has 0 atom stereocenters. The van der Waals surface area contributed by atoms with Crippen LogP contribution < -0.4 is 4.90 Å². The first-order valence-corrected chi connectivity index (χ1v) is 10.1. The summed E-state index contributed by atoms with van der Waals surface area (Å²) in [6.45, 7) is 5.36. The molecule has 0 aliphatic carbocycles. The fraction of sp³-hybridized carbons (Fsp3) is 0.333. The third-order valence-corrected chi connectivity index (χ3v) is 5.46. The van der Waals surface area contributed by atoms with Crippen LogP contribution >= 0.6 is 0 Å². The molecule has 0 N–H and O–H groups in total. The van der Waals surface area contributed by atoms with Crippen molar-refractivity contribution < 1.29 is 23.5 Å². The molecule has 164 valence electrons. The number of anilines is 1. The highest BCUT2D eigenvalue weighted by molar-refractivity contribution is 6.45. The smallest absolute Gasteiger partial charge is 0.282 e. The third kappa shape index (κ3) is 4.52. The molecule has 0 spiro atoms. The standard InChI is InChI=1S/C24H27FN2O4/c1-16-6-5-7-20(17(16)2)27-23(28)21(18-8-10-19(25)11-9-18)22(24(27)29)26(12-14-30-3)13-15-31-4/h5-11H,12-15H2,1-4H3. The molecule has 0 radical (unpaired) electrons. The van der Waals surface area contributed by atoms with Crippen LogP contribution in [0.2, 0.25) is 0 Å². The van der Waals surface area contributed by atoms with Gasteiger partial charge in [0, 0.05) is 27.3 Å². The van der Waals surface area contributed by atoms with Crippen LogP contribution in [0.15, 0.2) is 48.2 Å². The minimum absolute atomic E-state index is 0.248. The molecule has 1 aliphatic rings. The molecule has 0 saturated carbocycles. The van der Waals surface area contributed by atoms with Gasteiger partial charge in [0.25, 0.3) is 11.8 Å². The predicted octanol–water partition coefficient (Wildman–Crippen LogP) is 3.32. The third-order valence-electron chi connectivity index (χ3n) is 5.46. The van der Waals surface area contributed by atoms with Gasteiger partial charge in [-0.3, -0.25) is 9.59 Å². The minimum Gasteiger partial charge on any atom is -0.383 e. The number of halogens is 1. The van der Waals surface area contributed by atoms with Gasteiger partial charge in [0.2, 0.25) is 0 Å². The lowest BCUT2D eigenvalue weighted by Crippen LogP contribution is -2.38. The van der Waals surface area contributed by atoms with E-state index in [2.05, 4.69) is 0 Å². The Hall–Kier alpha value is -3.03. The highest BCUT2D eigenvalue weighted by atomic mass is 19.1. The molecule has 7 heteroatoms. The highest BCUT2D eigenvalue weighted by Crippen LogP contribution is 2.36. The molecule has 0 unspecified atom stereocenters. The summed E-state index contributed by atoms with van der Waals surface area (Å²) in [5.74, 6) is -1.25. The number of carbonyl (C=O) groups is 2. The number of carbonyl (C=O) groups excluding carboxylic acids is 2. The van der Waals surface area contributed by atoms with Crippen molar-refractivity contribution in [3.8, 4) is 0 Å². The molecule has 0 fully saturated rings. The number of aryl methyl sites for hydroxylation is 1. The summed E-state index contributed by atoms with van der Waals surface area (Å²) in [6, 6.07) is 11.1. The van der Waals surface area contributed by atoms with E-state index in [1.54, 1.807) is 25.2 Å². The Labute approximate surface area is 181 Å². The van der Waals surface area contributed by atoms with E-state index in [0.29, 0.717) is 37.6 Å². The van der Waals surface area contributed by atoms with Crippen molar-refractivity contribution in [2.24, 2.45) is 0 Å². The van der Waals surface area contributed by atoms with E-state index in [1.807, 2.05) is 26.0 Å². The Morgan fingerprint density at radius 3 is 2.10 bits per heavy atom. The van der Waals surface area contributed by atoms with Crippen molar-refractivity contribution in [2.45, 2.75) is 13.8 Å². The van der Waals surface area contributed by atoms with Gasteiger partial charge in [0.05, 0.1) is 24.5 Å². The van der Waals surface area contributed by atoms with E-state index < -0.39 is 17.6 Å². The van der Waals surface area contributed by atoms with Gasteiger partial charge in [-0.2, -0.15) is 0 Å². The zero-order valence-electron chi connectivity index (χ0n) is 18.3. The summed E-state index contributed by atoms with van der Waals surface area (Å²) in [5, 5.41) is 0. The van der Waals surface area contributed by atoms with Gasteiger partial charge in [-0.25, -0.2) is 9.29 Å². The van der Waals surface area contributed by atoms with Crippen LogP contribution in [-0.2, 0) is 19.1 Å². The SMILES string of the molecule is COCCN(CCOC)C1=C(c2ccc(F)cc2)C(=O)N(c2cccc(C)c2C)C1=O. The number of ether oxygens (including phenoxy) is 2. The van der Waals surface area contributed by atoms with E-state index in [0.717, 1.165) is 11.1 Å². The van der Waals surface area contributed by atoms with E-state index in [9.17, 15) is 14.0 Å². The number of methoxy groups -OCH3 is 2. The zero-order chi connectivity index (χ0) is 22.5. The predicted molar refractivity (Wildman–Crippen MR) is 117 cm³/mol. The minimum atomic E-state index is -0.430. The van der Waals surface area contributed by atoms with Crippen LogP contribution in [0.4, 0.5) is 10.1 Å². The lowest BCUT2D eigenvalue weighted by Gasteiger charge is -2.26. The number of rotatable bonds is 9. The van der Waals surface area contributed by atoms with Crippen molar-refractivity contribution in [3.63, 3.8) is 0 Å². The molecular weight excluding hydrogens is 399 g/mol. The van der Waals surface area contributed by atoms with Gasteiger partial charge in [0.1, 0.15) is 11.5 Å². The van der Waals surface area contributed by atoms with Crippen LogP contribution in [0.1, 0.15) is 16.7 Å². The first-order chi connectivity index (χ1) is 14.9. The molecule has 1 heterocycles. The molecule has 2 aromatic rings. The number of imide groups is 1. The van der Waals surface area contributed by atoms with Gasteiger partial charge in [-0.05, 0) is 48.7 Å². The van der Waals surface area contributed by atoms with Gasteiger partial charge in [0.15, 0.2) is 0 Å². The summed E-state index contributed by atoms with van der Waals surface area (Å²) >= 11 is 0. The second-order valence-electron chi connectivity index (χ2n) is 7.37. The molecule has 0 saturated heterocycles. The molecular formula is C24H27FN2O4. The maximum atomic E-state index is 13.6. The van der Waals surface area contributed by atoms with Gasteiger partial charge in [-0.15, -0.1) is 0 Å². The van der Waals surface area contributed by atoms with Gasteiger partial charge < -0.3 is 14.4 Å². The molecule has 0 aromatic heterocycles. The first-order valence-electron chi connectivity index (χ1n) is 10.1. The van der Waals surface area contributed by atoms with Crippen LogP contribution in [-0.4, -0.2) is 57.2 Å². The fourth-order valence-corrected chi connectivity index (χ4v) is 3.62. The number of hydrogen-bond acceptors (Lipinski definition) is 5. The topological polar surface area (TPSA) is 59.1 Å². The Morgan fingerprint density at radius 1 is 0.903 bits per heavy atom. The Morgan fingerprint density at radius 2 is 1.52 bits per heavy atom. The van der Waals surface area contributed by atoms with Gasteiger partial charge >= 0.3 is 0 Å². The normalized spacial score (nSPS) is 14.0. The summed E-state index contributed by atoms with van der Waals surface area (Å²) < 4.78 is 24.0. The molecule has 31 heavy (non-hydrogen) atoms. The number of nitrogens with zero attached hydrogens (tertiary/aromatic N) is 2. The first kappa shape index (κ1) is 22.7. The second kappa shape index (κ2) is 9.85. The van der Waals surface area contributed by atoms with E-state index in [-0.39, 0.29) is 11.3 Å². The van der Waals surface area contributed by atoms with Crippen LogP contribution in [0.3, 0.4) is 0 Å². The lowest BCUT2D eigenvalue weighted by molar-refractivity contribution is -0.120. The average Bonchev–Trinajstić information content (AvgIpc) is 3.01. The Kier molecular flexibility index (Phi) is 7.20. The van der Waals surface area contributed by atoms with Crippen molar-refractivity contribution in [1.29, 1.82) is 0 Å². The summed E-state index contributed by atoms with van der Waals surface area (Å²) in [4.78, 5) is 30.3. The number of hydrogen-bond donors (Lipinski definition) is 0. The summed E-state index contributed by atoms with van der Waals surface area (Å²) in [6.07, 6.45) is 0. The van der Waals surface area contributed by atoms with Gasteiger partial charge in [-0.1, -0.05) is 24.3 Å². The summed E-state index contributed by atoms with van der Waals surface area (Å²) in [5.41, 5.74) is 3.38. The largest absolute Gasteiger partial charge is 0.383 e. The van der Waals surface area contributed by atoms with Crippen molar-refractivity contribution >= 4 is 23.1 Å². The Balaban J connectivity index is 2.16. The number of amides is 2. The van der Waals surface area contributed by atoms with Crippen LogP contribution in [0.25, 0.3) is 5.57 Å². The molecule has 3 rings (SSSR count). The lowest BCUT2D eigenvalue weighted by atomic mass is 10.0. The Bertz CT molecular complexity index is 993. The van der Waals surface area contributed by atoms with Crippen LogP contribution in [0.5, 0.6) is 0 Å². The average molecular weight is 426 g/mol. The van der Waals surface area contributed by atoms with Crippen molar-refractivity contribution in [3.05, 3.63) is 70.7 Å². The number of benzene rings is 2. The van der Waals surface area contributed by atoms with E-state index in [4.69, 9.17) is 9.47 Å². The quantitative estimate of drug-likeness (QED) is 0.576. The highest BCUT2D eigenvalue weighted by Gasteiger charge is 2.42. The molecule has 2 amide bonds. The maximum Gasteiger partial charge on any atom is 0.282 e. The van der Waals surface area contributed by atoms with Crippen molar-refractivity contribution in [1.82, 2.24) is 4.90 Å². The molecule has 1 aliphatic heterocycles. The molecule has 0 bridgehead atoms.